The predicted molar refractivity (Wildman–Crippen MR) is 143 cm³/mol. The molecule has 0 spiro atoms. The van der Waals surface area contributed by atoms with E-state index in [9.17, 15) is 9.59 Å². The normalized spacial score (nSPS) is 14.4. The first-order chi connectivity index (χ1) is 17.3. The number of halogens is 1. The Hall–Kier alpha value is -4.03. The molecule has 0 amide bonds. The zero-order valence-electron chi connectivity index (χ0n) is 20.4. The van der Waals surface area contributed by atoms with Crippen molar-refractivity contribution >= 4 is 22.5 Å². The maximum Gasteiger partial charge on any atom is 0.331 e. The molecule has 36 heavy (non-hydrogen) atoms. The molecule has 6 nitrogen and oxygen atoms in total. The summed E-state index contributed by atoms with van der Waals surface area (Å²) in [6.45, 7) is 4.05. The summed E-state index contributed by atoms with van der Waals surface area (Å²) in [6, 6.07) is 21.5. The van der Waals surface area contributed by atoms with E-state index in [0.717, 1.165) is 43.9 Å². The monoisotopic (exact) mass is 497 g/mol. The van der Waals surface area contributed by atoms with Crippen LogP contribution < -0.4 is 16.0 Å². The summed E-state index contributed by atoms with van der Waals surface area (Å²) in [5, 5.41) is 1.02. The number of aryl methyl sites for hydroxylation is 3. The maximum absolute atomic E-state index is 13.8. The average molecular weight is 498 g/mol. The van der Waals surface area contributed by atoms with Crippen LogP contribution in [0.25, 0.3) is 27.8 Å². The molecule has 1 atom stereocenters. The second kappa shape index (κ2) is 8.00. The molecule has 0 N–H and O–H groups in total. The minimum absolute atomic E-state index is 0.348. The highest BCUT2D eigenvalue weighted by Gasteiger charge is 2.36. The van der Waals surface area contributed by atoms with Crippen LogP contribution in [0, 0.1) is 13.8 Å². The molecule has 0 saturated heterocycles. The van der Waals surface area contributed by atoms with Crippen molar-refractivity contribution in [3.63, 3.8) is 0 Å². The Balaban J connectivity index is 1.88. The van der Waals surface area contributed by atoms with Crippen LogP contribution in [-0.2, 0) is 14.1 Å². The van der Waals surface area contributed by atoms with Crippen LogP contribution in [0.15, 0.2) is 76.3 Å². The number of hydrogen-bond donors (Lipinski definition) is 0. The van der Waals surface area contributed by atoms with Crippen molar-refractivity contribution in [2.24, 2.45) is 14.1 Å². The van der Waals surface area contributed by atoms with Crippen LogP contribution in [0.1, 0.15) is 28.5 Å². The third kappa shape index (κ3) is 3.11. The van der Waals surface area contributed by atoms with E-state index in [0.29, 0.717) is 21.7 Å². The molecule has 0 radical (unpaired) electrons. The van der Waals surface area contributed by atoms with Gasteiger partial charge in [-0.1, -0.05) is 65.7 Å². The standard InChI is InChI=1S/C29H24ClN3O3/c1-16-9-11-18(12-10-16)27-26-25-23(28(34)32(4)29(35)31(25)3)24(20-8-6-5-7-17(20)2)33(26)21-15-19(30)13-14-22(21)36-27/h5-15,27H,1-4H3. The number of hydrogen-bond acceptors (Lipinski definition) is 3. The van der Waals surface area contributed by atoms with Crippen molar-refractivity contribution in [2.75, 3.05) is 0 Å². The molecule has 3 aromatic carbocycles. The SMILES string of the molecule is Cc1ccc(C2Oc3ccc(Cl)cc3-n3c(-c4ccccc4C)c4c(=O)n(C)c(=O)n(C)c4c32)cc1. The third-order valence-electron chi connectivity index (χ3n) is 7.04. The first-order valence-electron chi connectivity index (χ1n) is 11.7. The zero-order chi connectivity index (χ0) is 25.3. The molecule has 2 aromatic heterocycles. The van der Waals surface area contributed by atoms with Gasteiger partial charge in [-0.3, -0.25) is 13.9 Å². The second-order valence-corrected chi connectivity index (χ2v) is 9.77. The maximum atomic E-state index is 13.8. The molecule has 3 heterocycles. The van der Waals surface area contributed by atoms with Gasteiger partial charge in [0.05, 0.1) is 28.0 Å². The Morgan fingerprint density at radius 3 is 2.33 bits per heavy atom. The molecule has 0 fully saturated rings. The van der Waals surface area contributed by atoms with Crippen LogP contribution in [0.2, 0.25) is 5.02 Å². The van der Waals surface area contributed by atoms with Gasteiger partial charge in [0.2, 0.25) is 0 Å². The van der Waals surface area contributed by atoms with Crippen LogP contribution in [0.3, 0.4) is 0 Å². The fourth-order valence-electron chi connectivity index (χ4n) is 5.20. The van der Waals surface area contributed by atoms with Crippen molar-refractivity contribution in [1.82, 2.24) is 13.7 Å². The highest BCUT2D eigenvalue weighted by molar-refractivity contribution is 6.30. The molecule has 0 aliphatic carbocycles. The number of benzene rings is 3. The minimum Gasteiger partial charge on any atom is -0.477 e. The molecule has 5 aromatic rings. The topological polar surface area (TPSA) is 58.2 Å². The van der Waals surface area contributed by atoms with Crippen molar-refractivity contribution in [2.45, 2.75) is 20.0 Å². The number of rotatable bonds is 2. The van der Waals surface area contributed by atoms with Gasteiger partial charge in [0.25, 0.3) is 5.56 Å². The van der Waals surface area contributed by atoms with Gasteiger partial charge in [-0.05, 0) is 43.2 Å². The highest BCUT2D eigenvalue weighted by atomic mass is 35.5. The summed E-state index contributed by atoms with van der Waals surface area (Å²) in [5.41, 5.74) is 5.95. The lowest BCUT2D eigenvalue weighted by Gasteiger charge is -2.30. The molecule has 1 aliphatic rings. The Morgan fingerprint density at radius 2 is 1.61 bits per heavy atom. The number of aromatic nitrogens is 3. The molecular weight excluding hydrogens is 474 g/mol. The van der Waals surface area contributed by atoms with Gasteiger partial charge in [-0.2, -0.15) is 0 Å². The summed E-state index contributed by atoms with van der Waals surface area (Å²) < 4.78 is 11.4. The molecule has 1 aliphatic heterocycles. The lowest BCUT2D eigenvalue weighted by molar-refractivity contribution is 0.229. The van der Waals surface area contributed by atoms with E-state index in [1.54, 1.807) is 17.7 Å². The Kier molecular flexibility index (Phi) is 4.99. The second-order valence-electron chi connectivity index (χ2n) is 9.33. The molecule has 0 bridgehead atoms. The van der Waals surface area contributed by atoms with Gasteiger partial charge in [0.15, 0.2) is 6.10 Å². The van der Waals surface area contributed by atoms with Crippen molar-refractivity contribution in [3.05, 3.63) is 115 Å². The van der Waals surface area contributed by atoms with Crippen molar-refractivity contribution < 1.29 is 4.74 Å². The highest BCUT2D eigenvalue weighted by Crippen LogP contribution is 2.47. The molecule has 1 unspecified atom stereocenters. The van der Waals surface area contributed by atoms with E-state index in [-0.39, 0.29) is 5.56 Å². The number of nitrogens with zero attached hydrogens (tertiary/aromatic N) is 3. The molecule has 6 rings (SSSR count). The largest absolute Gasteiger partial charge is 0.477 e. The average Bonchev–Trinajstić information content (AvgIpc) is 3.23. The van der Waals surface area contributed by atoms with E-state index in [1.165, 1.54) is 7.05 Å². The summed E-state index contributed by atoms with van der Waals surface area (Å²) in [5.74, 6) is 0.648. The first kappa shape index (κ1) is 22.4. The van der Waals surface area contributed by atoms with E-state index in [1.807, 2.05) is 74.5 Å². The number of ether oxygens (including phenoxy) is 1. The lowest BCUT2D eigenvalue weighted by Crippen LogP contribution is -2.37. The fourth-order valence-corrected chi connectivity index (χ4v) is 5.36. The van der Waals surface area contributed by atoms with Crippen molar-refractivity contribution in [3.8, 4) is 22.7 Å². The van der Waals surface area contributed by atoms with Gasteiger partial charge in [-0.15, -0.1) is 0 Å². The van der Waals surface area contributed by atoms with E-state index >= 15 is 0 Å². The zero-order valence-corrected chi connectivity index (χ0v) is 21.1. The molecular formula is C29H24ClN3O3. The third-order valence-corrected chi connectivity index (χ3v) is 7.28. The van der Waals surface area contributed by atoms with Gasteiger partial charge in [0.1, 0.15) is 5.75 Å². The van der Waals surface area contributed by atoms with Gasteiger partial charge in [0, 0.05) is 24.7 Å². The van der Waals surface area contributed by atoms with Crippen LogP contribution >= 0.6 is 11.6 Å². The summed E-state index contributed by atoms with van der Waals surface area (Å²) in [6.07, 6.45) is -0.544. The molecule has 7 heteroatoms. The summed E-state index contributed by atoms with van der Waals surface area (Å²) in [7, 11) is 3.22. The Labute approximate surface area is 212 Å². The van der Waals surface area contributed by atoms with Gasteiger partial charge >= 0.3 is 5.69 Å². The van der Waals surface area contributed by atoms with E-state index < -0.39 is 11.8 Å². The van der Waals surface area contributed by atoms with E-state index in [2.05, 4.69) is 4.57 Å². The quantitative estimate of drug-likeness (QED) is 0.326. The fraction of sp³-hybridized carbons (Fsp3) is 0.172. The first-order valence-corrected chi connectivity index (χ1v) is 12.1. The summed E-state index contributed by atoms with van der Waals surface area (Å²) >= 11 is 6.47. The number of fused-ring (bicyclic) bond motifs is 5. The van der Waals surface area contributed by atoms with Crippen LogP contribution in [0.4, 0.5) is 0 Å². The predicted octanol–water partition coefficient (Wildman–Crippen LogP) is 5.45. The lowest BCUT2D eigenvalue weighted by atomic mass is 10.0. The van der Waals surface area contributed by atoms with Crippen LogP contribution in [-0.4, -0.2) is 13.7 Å². The molecule has 0 saturated carbocycles. The van der Waals surface area contributed by atoms with Gasteiger partial charge < -0.3 is 9.30 Å². The van der Waals surface area contributed by atoms with E-state index in [4.69, 9.17) is 16.3 Å². The van der Waals surface area contributed by atoms with Crippen LogP contribution in [0.5, 0.6) is 5.75 Å². The smallest absolute Gasteiger partial charge is 0.331 e. The van der Waals surface area contributed by atoms with Gasteiger partial charge in [-0.25, -0.2) is 4.79 Å². The summed E-state index contributed by atoms with van der Waals surface area (Å²) in [4.78, 5) is 26.9. The minimum atomic E-state index is -0.544. The molecule has 180 valence electrons. The van der Waals surface area contributed by atoms with Crippen molar-refractivity contribution in [1.29, 1.82) is 0 Å². The Bertz CT molecular complexity index is 1810. The Morgan fingerprint density at radius 1 is 0.889 bits per heavy atom.